The van der Waals surface area contributed by atoms with Crippen molar-refractivity contribution in [2.75, 3.05) is 0 Å². The zero-order valence-electron chi connectivity index (χ0n) is 13.5. The third-order valence-corrected chi connectivity index (χ3v) is 5.78. The number of hydrogen-bond donors (Lipinski definition) is 2. The summed E-state index contributed by atoms with van der Waals surface area (Å²) in [6, 6.07) is 19.6. The summed E-state index contributed by atoms with van der Waals surface area (Å²) < 4.78 is 0. The minimum absolute atomic E-state index is 0.251. The molecule has 1 aliphatic carbocycles. The normalized spacial score (nSPS) is 30.6. The standard InChI is InChI=1S/C21H25NO/c23-21-13-7-5-11-17(21)20-14-18(15-8-2-1-3-9-15)16-10-4-6-12-19(16)22-20/h1-3,5,7-9,11,13,16,18-20,22-23H,4,6,10,12,14H2/t16-,18+,19+,20-/m0/s1. The summed E-state index contributed by atoms with van der Waals surface area (Å²) in [6.45, 7) is 0. The zero-order valence-corrected chi connectivity index (χ0v) is 13.5. The smallest absolute Gasteiger partial charge is 0.120 e. The molecule has 0 unspecified atom stereocenters. The van der Waals surface area contributed by atoms with Crippen molar-refractivity contribution < 1.29 is 5.11 Å². The van der Waals surface area contributed by atoms with E-state index in [1.54, 1.807) is 0 Å². The molecule has 2 nitrogen and oxygen atoms in total. The van der Waals surface area contributed by atoms with Gasteiger partial charge in [-0.3, -0.25) is 0 Å². The van der Waals surface area contributed by atoms with Gasteiger partial charge < -0.3 is 10.4 Å². The number of phenolic OH excluding ortho intramolecular Hbond substituents is 1. The topological polar surface area (TPSA) is 32.3 Å². The summed E-state index contributed by atoms with van der Waals surface area (Å²) in [7, 11) is 0. The molecule has 1 aliphatic heterocycles. The van der Waals surface area contributed by atoms with E-state index < -0.39 is 0 Å². The van der Waals surface area contributed by atoms with Gasteiger partial charge in [0.05, 0.1) is 0 Å². The van der Waals surface area contributed by atoms with Crippen LogP contribution in [0.25, 0.3) is 0 Å². The van der Waals surface area contributed by atoms with Crippen molar-refractivity contribution in [3.63, 3.8) is 0 Å². The van der Waals surface area contributed by atoms with Crippen molar-refractivity contribution in [2.24, 2.45) is 5.92 Å². The van der Waals surface area contributed by atoms with Crippen LogP contribution in [-0.4, -0.2) is 11.1 Å². The van der Waals surface area contributed by atoms with Crippen LogP contribution in [0.2, 0.25) is 0 Å². The number of nitrogens with one attached hydrogen (secondary N) is 1. The van der Waals surface area contributed by atoms with Gasteiger partial charge >= 0.3 is 0 Å². The largest absolute Gasteiger partial charge is 0.508 e. The molecule has 0 radical (unpaired) electrons. The summed E-state index contributed by atoms with van der Waals surface area (Å²) in [5, 5.41) is 14.1. The van der Waals surface area contributed by atoms with Gasteiger partial charge in [0.2, 0.25) is 0 Å². The first-order chi connectivity index (χ1) is 11.3. The van der Waals surface area contributed by atoms with E-state index in [4.69, 9.17) is 0 Å². The summed E-state index contributed by atoms with van der Waals surface area (Å²) in [4.78, 5) is 0. The molecule has 23 heavy (non-hydrogen) atoms. The Morgan fingerprint density at radius 1 is 0.870 bits per heavy atom. The maximum Gasteiger partial charge on any atom is 0.120 e. The molecule has 1 saturated carbocycles. The van der Waals surface area contributed by atoms with Gasteiger partial charge in [0.1, 0.15) is 5.75 Å². The molecule has 2 aliphatic rings. The van der Waals surface area contributed by atoms with Crippen LogP contribution in [0.5, 0.6) is 5.75 Å². The van der Waals surface area contributed by atoms with Crippen molar-refractivity contribution in [1.29, 1.82) is 0 Å². The lowest BCUT2D eigenvalue weighted by atomic mass is 9.68. The second-order valence-corrected chi connectivity index (χ2v) is 7.09. The van der Waals surface area contributed by atoms with E-state index in [1.165, 1.54) is 31.2 Å². The van der Waals surface area contributed by atoms with Crippen LogP contribution in [0.4, 0.5) is 0 Å². The lowest BCUT2D eigenvalue weighted by molar-refractivity contribution is 0.148. The first-order valence-corrected chi connectivity index (χ1v) is 8.92. The molecule has 2 fully saturated rings. The number of piperidine rings is 1. The summed E-state index contributed by atoms with van der Waals surface area (Å²) in [5.74, 6) is 1.74. The van der Waals surface area contributed by atoms with E-state index in [2.05, 4.69) is 41.7 Å². The molecule has 2 aromatic carbocycles. The zero-order chi connectivity index (χ0) is 15.6. The predicted octanol–water partition coefficient (Wildman–Crippen LogP) is 4.77. The highest BCUT2D eigenvalue weighted by molar-refractivity contribution is 5.36. The Labute approximate surface area is 138 Å². The molecule has 2 heteroatoms. The van der Waals surface area contributed by atoms with Gasteiger partial charge in [-0.05, 0) is 42.7 Å². The van der Waals surface area contributed by atoms with Gasteiger partial charge in [-0.2, -0.15) is 0 Å². The molecular weight excluding hydrogens is 282 g/mol. The number of aromatic hydroxyl groups is 1. The molecular formula is C21H25NO. The highest BCUT2D eigenvalue weighted by Crippen LogP contribution is 2.46. The second kappa shape index (κ2) is 6.37. The van der Waals surface area contributed by atoms with E-state index in [-0.39, 0.29) is 6.04 Å². The van der Waals surface area contributed by atoms with Crippen molar-refractivity contribution in [3.05, 3.63) is 65.7 Å². The van der Waals surface area contributed by atoms with Crippen LogP contribution >= 0.6 is 0 Å². The fourth-order valence-corrected chi connectivity index (χ4v) is 4.69. The Hall–Kier alpha value is -1.80. The Balaban J connectivity index is 1.68. The van der Waals surface area contributed by atoms with Gasteiger partial charge in [0, 0.05) is 17.6 Å². The van der Waals surface area contributed by atoms with Crippen LogP contribution in [-0.2, 0) is 0 Å². The summed E-state index contributed by atoms with van der Waals surface area (Å²) in [6.07, 6.45) is 6.34. The van der Waals surface area contributed by atoms with Gasteiger partial charge in [-0.25, -0.2) is 0 Å². The average Bonchev–Trinajstić information content (AvgIpc) is 2.62. The van der Waals surface area contributed by atoms with Crippen LogP contribution in [0.1, 0.15) is 55.2 Å². The highest BCUT2D eigenvalue weighted by Gasteiger charge is 2.40. The van der Waals surface area contributed by atoms with E-state index in [9.17, 15) is 5.11 Å². The molecule has 4 rings (SSSR count). The minimum Gasteiger partial charge on any atom is -0.508 e. The van der Waals surface area contributed by atoms with Gasteiger partial charge in [-0.1, -0.05) is 61.4 Å². The fraction of sp³-hybridized carbons (Fsp3) is 0.429. The van der Waals surface area contributed by atoms with Gasteiger partial charge in [-0.15, -0.1) is 0 Å². The molecule has 0 aromatic heterocycles. The molecule has 1 saturated heterocycles. The highest BCUT2D eigenvalue weighted by atomic mass is 16.3. The predicted molar refractivity (Wildman–Crippen MR) is 93.5 cm³/mol. The monoisotopic (exact) mass is 307 g/mol. The average molecular weight is 307 g/mol. The number of para-hydroxylation sites is 1. The number of rotatable bonds is 2. The maximum absolute atomic E-state index is 10.3. The Morgan fingerprint density at radius 2 is 1.61 bits per heavy atom. The van der Waals surface area contributed by atoms with Gasteiger partial charge in [0.15, 0.2) is 0 Å². The Morgan fingerprint density at radius 3 is 2.43 bits per heavy atom. The lowest BCUT2D eigenvalue weighted by Gasteiger charge is -2.46. The molecule has 0 bridgehead atoms. The molecule has 2 aromatic rings. The molecule has 120 valence electrons. The van der Waals surface area contributed by atoms with E-state index in [0.717, 1.165) is 17.9 Å². The Bertz CT molecular complexity index is 654. The minimum atomic E-state index is 0.251. The van der Waals surface area contributed by atoms with Crippen molar-refractivity contribution in [3.8, 4) is 5.75 Å². The lowest BCUT2D eigenvalue weighted by Crippen LogP contribution is -2.48. The third-order valence-electron chi connectivity index (χ3n) is 5.78. The van der Waals surface area contributed by atoms with Gasteiger partial charge in [0.25, 0.3) is 0 Å². The van der Waals surface area contributed by atoms with Crippen LogP contribution in [0.15, 0.2) is 54.6 Å². The molecule has 0 spiro atoms. The first-order valence-electron chi connectivity index (χ1n) is 8.92. The summed E-state index contributed by atoms with van der Waals surface area (Å²) >= 11 is 0. The number of phenols is 1. The number of benzene rings is 2. The fourth-order valence-electron chi connectivity index (χ4n) is 4.69. The van der Waals surface area contributed by atoms with Crippen molar-refractivity contribution in [1.82, 2.24) is 5.32 Å². The molecule has 1 heterocycles. The van der Waals surface area contributed by atoms with Crippen LogP contribution < -0.4 is 5.32 Å². The second-order valence-electron chi connectivity index (χ2n) is 7.09. The van der Waals surface area contributed by atoms with E-state index in [1.807, 2.05) is 18.2 Å². The SMILES string of the molecule is Oc1ccccc1[C@@H]1C[C@H](c2ccccc2)[C@@H]2CCCC[C@H]2N1. The third kappa shape index (κ3) is 2.88. The molecule has 2 N–H and O–H groups in total. The Kier molecular flexibility index (Phi) is 4.09. The van der Waals surface area contributed by atoms with Crippen molar-refractivity contribution >= 4 is 0 Å². The van der Waals surface area contributed by atoms with E-state index >= 15 is 0 Å². The number of hydrogen-bond acceptors (Lipinski definition) is 2. The maximum atomic E-state index is 10.3. The van der Waals surface area contributed by atoms with E-state index in [0.29, 0.717) is 17.7 Å². The quantitative estimate of drug-likeness (QED) is 0.837. The van der Waals surface area contributed by atoms with Crippen LogP contribution in [0.3, 0.4) is 0 Å². The molecule has 0 amide bonds. The van der Waals surface area contributed by atoms with Crippen LogP contribution in [0, 0.1) is 5.92 Å². The number of fused-ring (bicyclic) bond motifs is 1. The summed E-state index contributed by atoms with van der Waals surface area (Å²) in [5.41, 5.74) is 2.52. The first kappa shape index (κ1) is 14.8. The van der Waals surface area contributed by atoms with Crippen molar-refractivity contribution in [2.45, 2.75) is 50.1 Å². The molecule has 4 atom stereocenters.